The molecule has 3 rings (SSSR count). The lowest BCUT2D eigenvalue weighted by atomic mass is 10.1. The smallest absolute Gasteiger partial charge is 0.295 e. The molecule has 0 atom stereocenters. The summed E-state index contributed by atoms with van der Waals surface area (Å²) in [6.45, 7) is 1.74. The Kier molecular flexibility index (Phi) is 4.57. The minimum atomic E-state index is -3.74. The molecule has 0 saturated heterocycles. The average molecular weight is 381 g/mol. The molecule has 0 radical (unpaired) electrons. The molecule has 0 aliphatic rings. The first-order chi connectivity index (χ1) is 12.2. The Balaban J connectivity index is 2.20. The summed E-state index contributed by atoms with van der Waals surface area (Å²) in [5.74, 6) is -1.55. The van der Waals surface area contributed by atoms with Crippen LogP contribution in [0.3, 0.4) is 0 Å². The number of sulfone groups is 1. The molecule has 0 bridgehead atoms. The van der Waals surface area contributed by atoms with Gasteiger partial charge in [-0.1, -0.05) is 12.1 Å². The van der Waals surface area contributed by atoms with Gasteiger partial charge in [0.25, 0.3) is 6.43 Å². The number of H-pyrrole nitrogens is 1. The lowest BCUT2D eigenvalue weighted by Crippen LogP contribution is -2.01. The summed E-state index contributed by atoms with van der Waals surface area (Å²) >= 11 is 0. The van der Waals surface area contributed by atoms with Crippen molar-refractivity contribution in [2.24, 2.45) is 0 Å². The van der Waals surface area contributed by atoms with Gasteiger partial charge in [0, 0.05) is 17.5 Å². The second-order valence-electron chi connectivity index (χ2n) is 5.73. The third-order valence-corrected chi connectivity index (χ3v) is 4.81. The normalized spacial score (nSPS) is 11.9. The molecule has 1 aromatic carbocycles. The summed E-state index contributed by atoms with van der Waals surface area (Å²) in [4.78, 5) is 10.2. The SMILES string of the molecule is Cc1cccc(-c2[nH]c(C(F)F)nc2-c2ccc(S(C)(=O)=O)c(F)c2)n1. The molecule has 2 heterocycles. The Labute approximate surface area is 147 Å². The summed E-state index contributed by atoms with van der Waals surface area (Å²) in [5, 5.41) is 0. The van der Waals surface area contributed by atoms with Crippen LogP contribution in [0, 0.1) is 12.7 Å². The molecule has 3 aromatic rings. The molecule has 0 aliphatic carbocycles. The van der Waals surface area contributed by atoms with Gasteiger partial charge in [0.2, 0.25) is 0 Å². The number of pyridine rings is 1. The van der Waals surface area contributed by atoms with Crippen LogP contribution in [0.1, 0.15) is 17.9 Å². The fourth-order valence-corrected chi connectivity index (χ4v) is 3.25. The zero-order chi connectivity index (χ0) is 19.1. The molecule has 26 heavy (non-hydrogen) atoms. The maximum absolute atomic E-state index is 14.2. The third-order valence-electron chi connectivity index (χ3n) is 3.68. The first-order valence-corrected chi connectivity index (χ1v) is 9.38. The highest BCUT2D eigenvalue weighted by Crippen LogP contribution is 2.33. The Morgan fingerprint density at radius 1 is 1.12 bits per heavy atom. The summed E-state index contributed by atoms with van der Waals surface area (Å²) < 4.78 is 63.5. The van der Waals surface area contributed by atoms with Gasteiger partial charge in [-0.3, -0.25) is 4.98 Å². The Morgan fingerprint density at radius 2 is 1.85 bits per heavy atom. The molecular weight excluding hydrogens is 367 g/mol. The summed E-state index contributed by atoms with van der Waals surface area (Å²) in [6, 6.07) is 8.43. The van der Waals surface area contributed by atoms with Gasteiger partial charge in [0.1, 0.15) is 10.7 Å². The number of nitrogens with one attached hydrogen (secondary N) is 1. The number of hydrogen-bond donors (Lipinski definition) is 1. The van der Waals surface area contributed by atoms with Crippen molar-refractivity contribution in [2.45, 2.75) is 18.2 Å². The molecular formula is C17H14F3N3O2S. The second kappa shape index (κ2) is 6.56. The Bertz CT molecular complexity index is 1080. The Hall–Kier alpha value is -2.68. The van der Waals surface area contributed by atoms with Crippen LogP contribution >= 0.6 is 0 Å². The van der Waals surface area contributed by atoms with E-state index in [0.29, 0.717) is 11.4 Å². The van der Waals surface area contributed by atoms with Gasteiger partial charge in [-0.25, -0.2) is 26.6 Å². The summed E-state index contributed by atoms with van der Waals surface area (Å²) in [7, 11) is -3.74. The van der Waals surface area contributed by atoms with Crippen molar-refractivity contribution in [1.29, 1.82) is 0 Å². The van der Waals surface area contributed by atoms with Crippen molar-refractivity contribution in [3.63, 3.8) is 0 Å². The molecule has 9 heteroatoms. The molecule has 0 amide bonds. The fraction of sp³-hybridized carbons (Fsp3) is 0.176. The quantitative estimate of drug-likeness (QED) is 0.743. The number of aromatic nitrogens is 3. The predicted octanol–water partition coefficient (Wildman–Crippen LogP) is 3.93. The van der Waals surface area contributed by atoms with Gasteiger partial charge in [-0.15, -0.1) is 0 Å². The summed E-state index contributed by atoms with van der Waals surface area (Å²) in [5.41, 5.74) is 1.47. The lowest BCUT2D eigenvalue weighted by molar-refractivity contribution is 0.141. The van der Waals surface area contributed by atoms with Crippen LogP contribution < -0.4 is 0 Å². The standard InChI is InChI=1S/C17H14F3N3O2S/c1-9-4-3-5-12(21-9)15-14(22-17(23-15)16(19)20)10-6-7-13(11(18)8-10)26(2,24)25/h3-8,16H,1-2H3,(H,22,23). The van der Waals surface area contributed by atoms with Crippen molar-refractivity contribution in [3.05, 3.63) is 53.7 Å². The zero-order valence-corrected chi connectivity index (χ0v) is 14.6. The van der Waals surface area contributed by atoms with Crippen molar-refractivity contribution >= 4 is 9.84 Å². The largest absolute Gasteiger partial charge is 0.335 e. The van der Waals surface area contributed by atoms with Gasteiger partial charge in [0.15, 0.2) is 15.7 Å². The number of aryl methyl sites for hydroxylation is 1. The molecule has 1 N–H and O–H groups in total. The predicted molar refractivity (Wildman–Crippen MR) is 90.0 cm³/mol. The van der Waals surface area contributed by atoms with E-state index in [-0.39, 0.29) is 17.0 Å². The van der Waals surface area contributed by atoms with E-state index in [1.54, 1.807) is 25.1 Å². The number of alkyl halides is 2. The van der Waals surface area contributed by atoms with Gasteiger partial charge in [-0.2, -0.15) is 0 Å². The van der Waals surface area contributed by atoms with E-state index >= 15 is 0 Å². The number of imidazole rings is 1. The second-order valence-corrected chi connectivity index (χ2v) is 7.71. The molecule has 0 saturated carbocycles. The van der Waals surface area contributed by atoms with E-state index in [1.165, 1.54) is 6.07 Å². The monoisotopic (exact) mass is 381 g/mol. The van der Waals surface area contributed by atoms with Gasteiger partial charge in [-0.05, 0) is 31.2 Å². The van der Waals surface area contributed by atoms with Crippen LogP contribution in [0.5, 0.6) is 0 Å². The van der Waals surface area contributed by atoms with E-state index in [9.17, 15) is 21.6 Å². The van der Waals surface area contributed by atoms with Crippen LogP contribution in [0.15, 0.2) is 41.3 Å². The fourth-order valence-electron chi connectivity index (χ4n) is 2.52. The van der Waals surface area contributed by atoms with Gasteiger partial charge >= 0.3 is 0 Å². The highest BCUT2D eigenvalue weighted by Gasteiger charge is 2.22. The Morgan fingerprint density at radius 3 is 2.42 bits per heavy atom. The van der Waals surface area contributed by atoms with Crippen LogP contribution in [0.4, 0.5) is 13.2 Å². The van der Waals surface area contributed by atoms with Crippen LogP contribution in [0.2, 0.25) is 0 Å². The highest BCUT2D eigenvalue weighted by molar-refractivity contribution is 7.90. The van der Waals surface area contributed by atoms with Crippen LogP contribution in [-0.2, 0) is 9.84 Å². The molecule has 0 aliphatic heterocycles. The van der Waals surface area contributed by atoms with Crippen molar-refractivity contribution < 1.29 is 21.6 Å². The maximum atomic E-state index is 14.2. The number of aromatic amines is 1. The van der Waals surface area contributed by atoms with Crippen LogP contribution in [-0.4, -0.2) is 29.6 Å². The topological polar surface area (TPSA) is 75.7 Å². The number of nitrogens with zero attached hydrogens (tertiary/aromatic N) is 2. The molecule has 0 spiro atoms. The van der Waals surface area contributed by atoms with Crippen molar-refractivity contribution in [3.8, 4) is 22.6 Å². The molecule has 0 unspecified atom stereocenters. The minimum absolute atomic E-state index is 0.0670. The number of rotatable bonds is 4. The van der Waals surface area contributed by atoms with E-state index in [1.807, 2.05) is 0 Å². The van der Waals surface area contributed by atoms with Gasteiger partial charge in [0.05, 0.1) is 17.1 Å². The lowest BCUT2D eigenvalue weighted by Gasteiger charge is -2.06. The first-order valence-electron chi connectivity index (χ1n) is 7.49. The third kappa shape index (κ3) is 3.48. The van der Waals surface area contributed by atoms with E-state index in [4.69, 9.17) is 0 Å². The average Bonchev–Trinajstić information content (AvgIpc) is 2.99. The molecule has 136 valence electrons. The molecule has 2 aromatic heterocycles. The first kappa shape index (κ1) is 18.1. The highest BCUT2D eigenvalue weighted by atomic mass is 32.2. The van der Waals surface area contributed by atoms with E-state index < -0.39 is 32.8 Å². The summed E-state index contributed by atoms with van der Waals surface area (Å²) in [6.07, 6.45) is -1.97. The van der Waals surface area contributed by atoms with E-state index in [0.717, 1.165) is 18.4 Å². The number of hydrogen-bond acceptors (Lipinski definition) is 4. The molecule has 0 fully saturated rings. The van der Waals surface area contributed by atoms with E-state index in [2.05, 4.69) is 15.0 Å². The van der Waals surface area contributed by atoms with Gasteiger partial charge < -0.3 is 4.98 Å². The number of halogens is 3. The molecule has 5 nitrogen and oxygen atoms in total. The number of benzene rings is 1. The van der Waals surface area contributed by atoms with Crippen molar-refractivity contribution in [2.75, 3.05) is 6.26 Å². The maximum Gasteiger partial charge on any atom is 0.295 e. The van der Waals surface area contributed by atoms with Crippen LogP contribution in [0.25, 0.3) is 22.6 Å². The van der Waals surface area contributed by atoms with Crippen molar-refractivity contribution in [1.82, 2.24) is 15.0 Å². The zero-order valence-electron chi connectivity index (χ0n) is 13.8. The minimum Gasteiger partial charge on any atom is -0.335 e.